The first-order chi connectivity index (χ1) is 1.73. The molecule has 0 aromatic heterocycles. The molecule has 3 nitrogen and oxygen atoms in total. The topological polar surface area (TPSA) is 63.2 Å². The molecular weight excluding hydrogens is 255 g/mol. The van der Waals surface area contributed by atoms with Gasteiger partial charge >= 0.3 is 21.1 Å². The normalized spacial score (nSPS) is 4.80. The van der Waals surface area contributed by atoms with Crippen molar-refractivity contribution in [3.05, 3.63) is 0 Å². The first-order valence-electron chi connectivity index (χ1n) is 0.612. The van der Waals surface area contributed by atoms with Gasteiger partial charge in [-0.25, -0.2) is 0 Å². The maximum absolute atomic E-state index is 8.33. The minimum atomic E-state index is -2.33. The minimum absolute atomic E-state index is 0. The molecule has 0 saturated heterocycles. The first-order valence-corrected chi connectivity index (χ1v) is 0.612. The summed E-state index contributed by atoms with van der Waals surface area (Å²) in [6, 6.07) is 0. The van der Waals surface area contributed by atoms with Crippen LogP contribution in [-0.4, -0.2) is 6.16 Å². The van der Waals surface area contributed by atoms with Gasteiger partial charge in [-0.05, 0) is 6.16 Å². The third kappa shape index (κ3) is 8730. The fourth-order valence-corrected chi connectivity index (χ4v) is 0. The van der Waals surface area contributed by atoms with E-state index in [1.165, 1.54) is 0 Å². The van der Waals surface area contributed by atoms with Crippen LogP contribution in [0.15, 0.2) is 0 Å². The molecule has 32 valence electrons. The van der Waals surface area contributed by atoms with Crippen molar-refractivity contribution in [3.63, 3.8) is 0 Å². The molecule has 0 aromatic rings. The van der Waals surface area contributed by atoms with Gasteiger partial charge in [0.2, 0.25) is 0 Å². The van der Waals surface area contributed by atoms with Crippen molar-refractivity contribution in [2.24, 2.45) is 0 Å². The van der Waals surface area contributed by atoms with E-state index in [0.29, 0.717) is 0 Å². The van der Waals surface area contributed by atoms with Gasteiger partial charge < -0.3 is 15.0 Å². The van der Waals surface area contributed by atoms with Crippen molar-refractivity contribution >= 4 is 6.16 Å². The zero-order valence-electron chi connectivity index (χ0n) is 2.04. The summed E-state index contributed by atoms with van der Waals surface area (Å²) in [5.74, 6) is 0. The number of hydrogen-bond donors (Lipinski definition) is 0. The Hall–Kier alpha value is -0.0417. The smallest absolute Gasteiger partial charge is 0.652 e. The van der Waals surface area contributed by atoms with E-state index in [1.54, 1.807) is 0 Å². The summed E-state index contributed by atoms with van der Waals surface area (Å²) < 4.78 is 0. The quantitative estimate of drug-likeness (QED) is 0.482. The monoisotopic (exact) mass is 255 g/mol. The second-order valence-corrected chi connectivity index (χ2v) is 0.250. The zero-order chi connectivity index (χ0) is 3.58. The van der Waals surface area contributed by atoms with Gasteiger partial charge in [-0.2, -0.15) is 0 Å². The van der Waals surface area contributed by atoms with E-state index in [2.05, 4.69) is 0 Å². The summed E-state index contributed by atoms with van der Waals surface area (Å²) in [7, 11) is 0. The SMILES string of the molecule is O=C([O-])[O-].[Pt+2]. The molecule has 0 spiro atoms. The Morgan fingerprint density at radius 3 is 1.40 bits per heavy atom. The predicted molar refractivity (Wildman–Crippen MR) is 5.40 cm³/mol. The zero-order valence-corrected chi connectivity index (χ0v) is 4.31. The number of carbonyl (C=O) groups is 1. The second kappa shape index (κ2) is 3.96. The molecule has 0 aromatic carbocycles. The van der Waals surface area contributed by atoms with Crippen LogP contribution in [0, 0.1) is 0 Å². The van der Waals surface area contributed by atoms with E-state index in [0.717, 1.165) is 0 Å². The predicted octanol–water partition coefficient (Wildman–Crippen LogP) is -2.45. The molecule has 0 amide bonds. The fourth-order valence-electron chi connectivity index (χ4n) is 0. The summed E-state index contributed by atoms with van der Waals surface area (Å²) in [6.45, 7) is 0. The van der Waals surface area contributed by atoms with Crippen LogP contribution in [0.3, 0.4) is 0 Å². The minimum Gasteiger partial charge on any atom is -0.652 e. The van der Waals surface area contributed by atoms with Crippen molar-refractivity contribution in [3.8, 4) is 0 Å². The Labute approximate surface area is 42.9 Å². The Bertz CT molecular complexity index is 29.9. The molecule has 0 radical (unpaired) electrons. The molecule has 5 heavy (non-hydrogen) atoms. The van der Waals surface area contributed by atoms with Crippen molar-refractivity contribution in [2.75, 3.05) is 0 Å². The maximum Gasteiger partial charge on any atom is 2.00 e. The van der Waals surface area contributed by atoms with Gasteiger partial charge in [0.1, 0.15) is 0 Å². The van der Waals surface area contributed by atoms with Gasteiger partial charge in [-0.1, -0.05) is 0 Å². The molecule has 0 saturated carbocycles. The summed E-state index contributed by atoms with van der Waals surface area (Å²) in [4.78, 5) is 8.33. The van der Waals surface area contributed by atoms with Crippen LogP contribution < -0.4 is 10.2 Å². The van der Waals surface area contributed by atoms with Crippen molar-refractivity contribution in [1.29, 1.82) is 0 Å². The third-order valence-corrected chi connectivity index (χ3v) is 0. The van der Waals surface area contributed by atoms with Crippen LogP contribution in [0.1, 0.15) is 0 Å². The van der Waals surface area contributed by atoms with E-state index in [4.69, 9.17) is 15.0 Å². The molecule has 0 N–H and O–H groups in total. The maximum atomic E-state index is 8.33. The van der Waals surface area contributed by atoms with E-state index in [9.17, 15) is 0 Å². The van der Waals surface area contributed by atoms with Crippen LogP contribution in [0.4, 0.5) is 4.79 Å². The molecular formula is CO3Pt. The first kappa shape index (κ1) is 8.88. The van der Waals surface area contributed by atoms with Crippen LogP contribution >= 0.6 is 0 Å². The van der Waals surface area contributed by atoms with Crippen molar-refractivity contribution < 1.29 is 36.1 Å². The molecule has 0 aliphatic heterocycles. The number of hydrogen-bond acceptors (Lipinski definition) is 3. The fraction of sp³-hybridized carbons (Fsp3) is 0. The van der Waals surface area contributed by atoms with Gasteiger partial charge in [0.15, 0.2) is 0 Å². The number of carbonyl (C=O) groups excluding carboxylic acids is 1. The van der Waals surface area contributed by atoms with Crippen LogP contribution in [-0.2, 0) is 21.1 Å². The van der Waals surface area contributed by atoms with Crippen LogP contribution in [0.5, 0.6) is 0 Å². The molecule has 0 aliphatic rings. The third-order valence-electron chi connectivity index (χ3n) is 0. The van der Waals surface area contributed by atoms with Crippen molar-refractivity contribution in [1.82, 2.24) is 0 Å². The number of carboxylic acid groups (broad SMARTS) is 2. The summed E-state index contributed by atoms with van der Waals surface area (Å²) in [5, 5.41) is 16.7. The Balaban J connectivity index is 0. The average Bonchev–Trinajstić information content (AvgIpc) is 0.811. The molecule has 0 bridgehead atoms. The van der Waals surface area contributed by atoms with Gasteiger partial charge in [0, 0.05) is 0 Å². The molecule has 0 rings (SSSR count). The van der Waals surface area contributed by atoms with Gasteiger partial charge in [-0.3, -0.25) is 0 Å². The van der Waals surface area contributed by atoms with E-state index < -0.39 is 6.16 Å². The van der Waals surface area contributed by atoms with Gasteiger partial charge in [-0.15, -0.1) is 0 Å². The average molecular weight is 255 g/mol. The van der Waals surface area contributed by atoms with Crippen LogP contribution in [0.2, 0.25) is 0 Å². The second-order valence-electron chi connectivity index (χ2n) is 0.250. The van der Waals surface area contributed by atoms with E-state index >= 15 is 0 Å². The molecule has 0 atom stereocenters. The van der Waals surface area contributed by atoms with Gasteiger partial charge in [0.25, 0.3) is 0 Å². The van der Waals surface area contributed by atoms with Crippen LogP contribution in [0.25, 0.3) is 0 Å². The molecule has 4 heteroatoms. The molecule has 0 heterocycles. The standard InChI is InChI=1S/CH2O3.Pt/c2-1(3)4;/h(H2,2,3,4);/q;+2/p-2. The van der Waals surface area contributed by atoms with E-state index in [1.807, 2.05) is 0 Å². The Morgan fingerprint density at radius 1 is 1.40 bits per heavy atom. The molecule has 0 fully saturated rings. The van der Waals surface area contributed by atoms with Crippen molar-refractivity contribution in [2.45, 2.75) is 0 Å². The number of rotatable bonds is 0. The largest absolute Gasteiger partial charge is 2.00 e. The molecule has 0 unspecified atom stereocenters. The Morgan fingerprint density at radius 2 is 1.40 bits per heavy atom. The summed E-state index contributed by atoms with van der Waals surface area (Å²) in [6.07, 6.45) is -2.33. The summed E-state index contributed by atoms with van der Waals surface area (Å²) in [5.41, 5.74) is 0. The molecule has 0 aliphatic carbocycles. The summed E-state index contributed by atoms with van der Waals surface area (Å²) >= 11 is 0. The van der Waals surface area contributed by atoms with Gasteiger partial charge in [0.05, 0.1) is 0 Å². The Kier molecular flexibility index (Phi) is 7.03. The van der Waals surface area contributed by atoms with E-state index in [-0.39, 0.29) is 21.1 Å².